The molecule has 2 rings (SSSR count). The van der Waals surface area contributed by atoms with Crippen molar-refractivity contribution < 1.29 is 4.79 Å². The number of carbonyl (C=O) groups is 1. The van der Waals surface area contributed by atoms with Crippen LogP contribution in [0.3, 0.4) is 0 Å². The van der Waals surface area contributed by atoms with Gasteiger partial charge in [0.1, 0.15) is 0 Å². The van der Waals surface area contributed by atoms with Gasteiger partial charge in [0.05, 0.1) is 5.92 Å². The Morgan fingerprint density at radius 3 is 2.77 bits per heavy atom. The first kappa shape index (κ1) is 9.00. The highest BCUT2D eigenvalue weighted by molar-refractivity contribution is 5.79. The van der Waals surface area contributed by atoms with Crippen molar-refractivity contribution in [1.29, 1.82) is 0 Å². The average Bonchev–Trinajstić information content (AvgIpc) is 2.89. The summed E-state index contributed by atoms with van der Waals surface area (Å²) < 4.78 is 0. The van der Waals surface area contributed by atoms with E-state index in [1.165, 1.54) is 12.8 Å². The highest BCUT2D eigenvalue weighted by Gasteiger charge is 2.37. The fraction of sp³-hybridized carbons (Fsp3) is 0.900. The Balaban J connectivity index is 1.96. The predicted molar refractivity (Wildman–Crippen MR) is 51.1 cm³/mol. The molecule has 1 saturated carbocycles. The normalized spacial score (nSPS) is 32.1. The molecule has 1 heterocycles. The number of nitrogens with one attached hydrogen (secondary N) is 1. The van der Waals surface area contributed by atoms with Crippen LogP contribution in [0, 0.1) is 11.8 Å². The molecule has 1 saturated heterocycles. The van der Waals surface area contributed by atoms with Gasteiger partial charge in [0.25, 0.3) is 0 Å². The smallest absolute Gasteiger partial charge is 0.224 e. The summed E-state index contributed by atoms with van der Waals surface area (Å²) in [6.07, 6.45) is 5.70. The zero-order valence-corrected chi connectivity index (χ0v) is 7.96. The maximum atomic E-state index is 11.6. The number of hydrogen-bond acceptors (Lipinski definition) is 2. The fourth-order valence-corrected chi connectivity index (χ4v) is 2.14. The second-order valence-electron chi connectivity index (χ2n) is 4.31. The Hall–Kier alpha value is -0.570. The number of amides is 1. The highest BCUT2D eigenvalue weighted by atomic mass is 16.1. The average molecular weight is 182 g/mol. The predicted octanol–water partition coefficient (Wildman–Crippen LogP) is 0.640. The summed E-state index contributed by atoms with van der Waals surface area (Å²) in [7, 11) is 0. The molecule has 0 spiro atoms. The van der Waals surface area contributed by atoms with Crippen molar-refractivity contribution in [2.24, 2.45) is 17.6 Å². The van der Waals surface area contributed by atoms with Gasteiger partial charge in [0.2, 0.25) is 5.91 Å². The maximum Gasteiger partial charge on any atom is 0.224 e. The lowest BCUT2D eigenvalue weighted by molar-refractivity contribution is -0.125. The van der Waals surface area contributed by atoms with Crippen molar-refractivity contribution in [1.82, 2.24) is 5.32 Å². The maximum absolute atomic E-state index is 11.6. The van der Waals surface area contributed by atoms with Gasteiger partial charge in [0, 0.05) is 12.6 Å². The molecule has 74 valence electrons. The second-order valence-corrected chi connectivity index (χ2v) is 4.31. The van der Waals surface area contributed by atoms with E-state index < -0.39 is 0 Å². The van der Waals surface area contributed by atoms with Gasteiger partial charge in [-0.15, -0.1) is 0 Å². The van der Waals surface area contributed by atoms with E-state index in [2.05, 4.69) is 5.32 Å². The van der Waals surface area contributed by atoms with E-state index >= 15 is 0 Å². The summed E-state index contributed by atoms with van der Waals surface area (Å²) in [5.74, 6) is 0.917. The molecule has 3 N–H and O–H groups in total. The first-order chi connectivity index (χ1) is 6.29. The van der Waals surface area contributed by atoms with Gasteiger partial charge in [-0.3, -0.25) is 4.79 Å². The van der Waals surface area contributed by atoms with E-state index in [-0.39, 0.29) is 17.9 Å². The molecular weight excluding hydrogens is 164 g/mol. The lowest BCUT2D eigenvalue weighted by atomic mass is 9.91. The molecule has 3 nitrogen and oxygen atoms in total. The molecule has 3 heteroatoms. The third-order valence-corrected chi connectivity index (χ3v) is 3.21. The fourth-order valence-electron chi connectivity index (χ4n) is 2.14. The molecule has 1 aliphatic carbocycles. The zero-order chi connectivity index (χ0) is 9.26. The van der Waals surface area contributed by atoms with Crippen LogP contribution in [0.1, 0.15) is 32.1 Å². The van der Waals surface area contributed by atoms with Crippen LogP contribution >= 0.6 is 0 Å². The van der Waals surface area contributed by atoms with Crippen molar-refractivity contribution in [3.63, 3.8) is 0 Å². The van der Waals surface area contributed by atoms with Gasteiger partial charge in [-0.25, -0.2) is 0 Å². The van der Waals surface area contributed by atoms with Crippen LogP contribution in [-0.2, 0) is 4.79 Å². The summed E-state index contributed by atoms with van der Waals surface area (Å²) in [6.45, 7) is 0.840. The second kappa shape index (κ2) is 3.66. The summed E-state index contributed by atoms with van der Waals surface area (Å²) in [5, 5.41) is 2.94. The first-order valence-corrected chi connectivity index (χ1v) is 5.32. The third kappa shape index (κ3) is 2.02. The molecule has 0 aromatic rings. The molecule has 1 unspecified atom stereocenters. The topological polar surface area (TPSA) is 55.1 Å². The molecule has 0 bridgehead atoms. The van der Waals surface area contributed by atoms with Gasteiger partial charge in [-0.2, -0.15) is 0 Å². The number of rotatable bonds is 2. The number of hydrogen-bond donors (Lipinski definition) is 2. The Bertz CT molecular complexity index is 201. The minimum Gasteiger partial charge on any atom is -0.356 e. The summed E-state index contributed by atoms with van der Waals surface area (Å²) >= 11 is 0. The summed E-state index contributed by atoms with van der Waals surface area (Å²) in [5.41, 5.74) is 6.05. The number of carbonyl (C=O) groups excluding carboxylic acids is 1. The minimum absolute atomic E-state index is 0.0926. The molecule has 1 aliphatic heterocycles. The molecule has 1 amide bonds. The number of nitrogens with two attached hydrogens (primary N) is 1. The van der Waals surface area contributed by atoms with Gasteiger partial charge >= 0.3 is 0 Å². The molecule has 0 radical (unpaired) electrons. The largest absolute Gasteiger partial charge is 0.356 e. The van der Waals surface area contributed by atoms with E-state index in [1.807, 2.05) is 0 Å². The highest BCUT2D eigenvalue weighted by Crippen LogP contribution is 2.36. The molecule has 2 atom stereocenters. The van der Waals surface area contributed by atoms with Gasteiger partial charge < -0.3 is 11.1 Å². The van der Waals surface area contributed by atoms with Crippen LogP contribution in [0.15, 0.2) is 0 Å². The molecule has 13 heavy (non-hydrogen) atoms. The SMILES string of the molecule is NC(C1CC1)[C@H]1CCCCNC1=O. The Kier molecular flexibility index (Phi) is 2.54. The monoisotopic (exact) mass is 182 g/mol. The van der Waals surface area contributed by atoms with Crippen LogP contribution in [0.2, 0.25) is 0 Å². The lowest BCUT2D eigenvalue weighted by Gasteiger charge is -2.20. The van der Waals surface area contributed by atoms with Crippen LogP contribution in [0.4, 0.5) is 0 Å². The van der Waals surface area contributed by atoms with E-state index in [9.17, 15) is 4.79 Å². The quantitative estimate of drug-likeness (QED) is 0.658. The molecule has 0 aromatic heterocycles. The zero-order valence-electron chi connectivity index (χ0n) is 7.96. The van der Waals surface area contributed by atoms with Crippen LogP contribution in [0.5, 0.6) is 0 Å². The van der Waals surface area contributed by atoms with E-state index in [0.717, 1.165) is 25.8 Å². The van der Waals surface area contributed by atoms with E-state index in [4.69, 9.17) is 5.73 Å². The van der Waals surface area contributed by atoms with Gasteiger partial charge in [-0.1, -0.05) is 6.42 Å². The van der Waals surface area contributed by atoms with Gasteiger partial charge in [-0.05, 0) is 31.6 Å². The Morgan fingerprint density at radius 1 is 1.31 bits per heavy atom. The summed E-state index contributed by atoms with van der Waals surface area (Å²) in [6, 6.07) is 0.123. The Labute approximate surface area is 79.1 Å². The lowest BCUT2D eigenvalue weighted by Crippen LogP contribution is -2.41. The third-order valence-electron chi connectivity index (χ3n) is 3.21. The van der Waals surface area contributed by atoms with Crippen molar-refractivity contribution in [3.8, 4) is 0 Å². The van der Waals surface area contributed by atoms with Crippen molar-refractivity contribution >= 4 is 5.91 Å². The first-order valence-electron chi connectivity index (χ1n) is 5.32. The standard InChI is InChI=1S/C10H18N2O/c11-9(7-4-5-7)8-3-1-2-6-12-10(8)13/h7-9H,1-6,11H2,(H,12,13)/t8-,9?/m1/s1. The molecule has 2 fully saturated rings. The van der Waals surface area contributed by atoms with Crippen LogP contribution < -0.4 is 11.1 Å². The van der Waals surface area contributed by atoms with Crippen LogP contribution in [0.25, 0.3) is 0 Å². The Morgan fingerprint density at radius 2 is 2.08 bits per heavy atom. The van der Waals surface area contributed by atoms with E-state index in [1.54, 1.807) is 0 Å². The van der Waals surface area contributed by atoms with Crippen molar-refractivity contribution in [3.05, 3.63) is 0 Å². The molecule has 2 aliphatic rings. The molecule has 0 aromatic carbocycles. The van der Waals surface area contributed by atoms with E-state index in [0.29, 0.717) is 5.92 Å². The minimum atomic E-state index is 0.0926. The molecular formula is C10H18N2O. The van der Waals surface area contributed by atoms with Crippen molar-refractivity contribution in [2.45, 2.75) is 38.1 Å². The van der Waals surface area contributed by atoms with Crippen molar-refractivity contribution in [2.75, 3.05) is 6.54 Å². The van der Waals surface area contributed by atoms with Crippen LogP contribution in [-0.4, -0.2) is 18.5 Å². The van der Waals surface area contributed by atoms with Gasteiger partial charge in [0.15, 0.2) is 0 Å². The summed E-state index contributed by atoms with van der Waals surface area (Å²) in [4.78, 5) is 11.6.